The van der Waals surface area contributed by atoms with Gasteiger partial charge in [-0.05, 0) is 13.0 Å². The van der Waals surface area contributed by atoms with Crippen LogP contribution in [0.1, 0.15) is 5.69 Å². The van der Waals surface area contributed by atoms with Crippen molar-refractivity contribution in [2.24, 2.45) is 5.92 Å². The molecule has 0 N–H and O–H groups in total. The summed E-state index contributed by atoms with van der Waals surface area (Å²) in [4.78, 5) is 14.0. The van der Waals surface area contributed by atoms with Crippen molar-refractivity contribution < 1.29 is 0 Å². The van der Waals surface area contributed by atoms with Crippen molar-refractivity contribution in [3.05, 3.63) is 58.6 Å². The molecule has 0 spiro atoms. The van der Waals surface area contributed by atoms with Gasteiger partial charge in [0.15, 0.2) is 5.82 Å². The van der Waals surface area contributed by atoms with Gasteiger partial charge in [-0.2, -0.15) is 10.2 Å². The van der Waals surface area contributed by atoms with E-state index in [1.165, 1.54) is 0 Å². The molecule has 6 nitrogen and oxygen atoms in total. The lowest BCUT2D eigenvalue weighted by Crippen LogP contribution is -2.50. The van der Waals surface area contributed by atoms with Crippen molar-refractivity contribution in [2.75, 3.05) is 18.0 Å². The van der Waals surface area contributed by atoms with Gasteiger partial charge in [0.2, 0.25) is 0 Å². The van der Waals surface area contributed by atoms with Gasteiger partial charge in [-0.25, -0.2) is 4.68 Å². The zero-order valence-electron chi connectivity index (χ0n) is 12.9. The number of hydrogen-bond donors (Lipinski definition) is 0. The Labute approximate surface area is 133 Å². The first-order valence-corrected chi connectivity index (χ1v) is 7.71. The zero-order valence-corrected chi connectivity index (χ0v) is 12.9. The summed E-state index contributed by atoms with van der Waals surface area (Å²) in [7, 11) is 0. The maximum absolute atomic E-state index is 11.8. The van der Waals surface area contributed by atoms with Crippen molar-refractivity contribution in [2.45, 2.75) is 13.5 Å². The van der Waals surface area contributed by atoms with E-state index in [9.17, 15) is 4.79 Å². The van der Waals surface area contributed by atoms with Crippen molar-refractivity contribution >= 4 is 16.6 Å². The zero-order chi connectivity index (χ0) is 15.8. The molecule has 0 radical (unpaired) electrons. The molecule has 23 heavy (non-hydrogen) atoms. The van der Waals surface area contributed by atoms with E-state index in [1.54, 1.807) is 23.0 Å². The van der Waals surface area contributed by atoms with Gasteiger partial charge in [0.25, 0.3) is 5.56 Å². The molecule has 0 bridgehead atoms. The number of aryl methyl sites for hydroxylation is 1. The van der Waals surface area contributed by atoms with Crippen LogP contribution in [0.15, 0.2) is 47.4 Å². The van der Waals surface area contributed by atoms with Crippen LogP contribution >= 0.6 is 0 Å². The number of aromatic nitrogens is 4. The Hall–Kier alpha value is -2.76. The maximum atomic E-state index is 11.8. The molecule has 1 fully saturated rings. The first kappa shape index (κ1) is 13.9. The van der Waals surface area contributed by atoms with E-state index in [0.29, 0.717) is 12.5 Å². The number of anilines is 1. The topological polar surface area (TPSA) is 63.9 Å². The normalized spacial score (nSPS) is 14.9. The van der Waals surface area contributed by atoms with Gasteiger partial charge in [0.05, 0.1) is 18.4 Å². The fraction of sp³-hybridized carbons (Fsp3) is 0.294. The van der Waals surface area contributed by atoms with E-state index in [-0.39, 0.29) is 5.56 Å². The highest BCUT2D eigenvalue weighted by Crippen LogP contribution is 2.29. The summed E-state index contributed by atoms with van der Waals surface area (Å²) in [6.45, 7) is 4.28. The molecule has 3 heterocycles. The van der Waals surface area contributed by atoms with Gasteiger partial charge in [-0.3, -0.25) is 4.79 Å². The average Bonchev–Trinajstić information content (AvgIpc) is 2.53. The molecular formula is C17H17N5O. The largest absolute Gasteiger partial charge is 0.354 e. The Morgan fingerprint density at radius 3 is 2.87 bits per heavy atom. The third-order valence-corrected chi connectivity index (χ3v) is 4.24. The van der Waals surface area contributed by atoms with E-state index in [4.69, 9.17) is 0 Å². The minimum atomic E-state index is -0.0426. The fourth-order valence-electron chi connectivity index (χ4n) is 3.03. The van der Waals surface area contributed by atoms with Crippen molar-refractivity contribution in [1.82, 2.24) is 20.0 Å². The number of fused-ring (bicyclic) bond motifs is 1. The summed E-state index contributed by atoms with van der Waals surface area (Å²) in [6.07, 6.45) is 1.78. The van der Waals surface area contributed by atoms with E-state index in [1.807, 2.05) is 25.1 Å². The summed E-state index contributed by atoms with van der Waals surface area (Å²) >= 11 is 0. The first-order chi connectivity index (χ1) is 11.2. The van der Waals surface area contributed by atoms with E-state index in [2.05, 4.69) is 26.3 Å². The second kappa shape index (κ2) is 5.46. The van der Waals surface area contributed by atoms with Crippen LogP contribution in [0.5, 0.6) is 0 Å². The van der Waals surface area contributed by atoms with Gasteiger partial charge in [-0.1, -0.05) is 24.3 Å². The van der Waals surface area contributed by atoms with Gasteiger partial charge in [0.1, 0.15) is 0 Å². The van der Waals surface area contributed by atoms with Crippen molar-refractivity contribution in [1.29, 1.82) is 0 Å². The highest BCUT2D eigenvalue weighted by atomic mass is 16.1. The van der Waals surface area contributed by atoms with Crippen LogP contribution in [-0.2, 0) is 6.54 Å². The molecule has 1 aliphatic heterocycles. The minimum absolute atomic E-state index is 0.0426. The standard InChI is InChI=1S/C17H17N5O/c1-12-6-7-16(23)22(20-12)11-13-9-21(10-13)17-15-5-3-2-4-14(15)8-18-19-17/h2-8,13H,9-11H2,1H3. The summed E-state index contributed by atoms with van der Waals surface area (Å²) in [5, 5.41) is 14.9. The third kappa shape index (κ3) is 2.56. The van der Waals surface area contributed by atoms with Gasteiger partial charge < -0.3 is 4.90 Å². The van der Waals surface area contributed by atoms with Gasteiger partial charge in [0, 0.05) is 35.8 Å². The number of benzene rings is 1. The highest BCUT2D eigenvalue weighted by Gasteiger charge is 2.29. The fourth-order valence-corrected chi connectivity index (χ4v) is 3.03. The second-order valence-electron chi connectivity index (χ2n) is 6.02. The molecule has 4 rings (SSSR count). The molecule has 6 heteroatoms. The highest BCUT2D eigenvalue weighted by molar-refractivity contribution is 5.91. The monoisotopic (exact) mass is 307 g/mol. The SMILES string of the molecule is Cc1ccc(=O)n(CC2CN(c3nncc4ccccc34)C2)n1. The molecule has 0 atom stereocenters. The smallest absolute Gasteiger partial charge is 0.266 e. The molecule has 3 aromatic rings. The van der Waals surface area contributed by atoms with Crippen LogP contribution in [0.2, 0.25) is 0 Å². The predicted molar refractivity (Wildman–Crippen MR) is 88.5 cm³/mol. The van der Waals surface area contributed by atoms with Crippen LogP contribution in [-0.4, -0.2) is 33.1 Å². The number of nitrogens with zero attached hydrogens (tertiary/aromatic N) is 5. The van der Waals surface area contributed by atoms with Gasteiger partial charge in [-0.15, -0.1) is 5.10 Å². The average molecular weight is 307 g/mol. The molecule has 1 aliphatic rings. The Bertz CT molecular complexity index is 909. The van der Waals surface area contributed by atoms with E-state index < -0.39 is 0 Å². The van der Waals surface area contributed by atoms with E-state index >= 15 is 0 Å². The Balaban J connectivity index is 1.51. The summed E-state index contributed by atoms with van der Waals surface area (Å²) < 4.78 is 1.56. The summed E-state index contributed by atoms with van der Waals surface area (Å²) in [5.41, 5.74) is 0.819. The lowest BCUT2D eigenvalue weighted by Gasteiger charge is -2.40. The predicted octanol–water partition coefficient (Wildman–Crippen LogP) is 1.63. The van der Waals surface area contributed by atoms with Crippen molar-refractivity contribution in [3.8, 4) is 0 Å². The summed E-state index contributed by atoms with van der Waals surface area (Å²) in [5.74, 6) is 1.33. The van der Waals surface area contributed by atoms with Crippen LogP contribution in [0.4, 0.5) is 5.82 Å². The molecular weight excluding hydrogens is 290 g/mol. The lowest BCUT2D eigenvalue weighted by atomic mass is 9.99. The molecule has 116 valence electrons. The summed E-state index contributed by atoms with van der Waals surface area (Å²) in [6, 6.07) is 11.5. The lowest BCUT2D eigenvalue weighted by molar-refractivity contribution is 0.332. The number of hydrogen-bond acceptors (Lipinski definition) is 5. The van der Waals surface area contributed by atoms with Crippen molar-refractivity contribution in [3.63, 3.8) is 0 Å². The molecule has 2 aromatic heterocycles. The Kier molecular flexibility index (Phi) is 3.29. The molecule has 1 aromatic carbocycles. The molecule has 0 saturated carbocycles. The quantitative estimate of drug-likeness (QED) is 0.736. The second-order valence-corrected chi connectivity index (χ2v) is 6.02. The maximum Gasteiger partial charge on any atom is 0.266 e. The first-order valence-electron chi connectivity index (χ1n) is 7.71. The van der Waals surface area contributed by atoms with E-state index in [0.717, 1.165) is 35.4 Å². The van der Waals surface area contributed by atoms with Crippen LogP contribution in [0.25, 0.3) is 10.8 Å². The number of rotatable bonds is 3. The molecule has 0 amide bonds. The van der Waals surface area contributed by atoms with Crippen LogP contribution in [0.3, 0.4) is 0 Å². The third-order valence-electron chi connectivity index (χ3n) is 4.24. The Morgan fingerprint density at radius 1 is 1.17 bits per heavy atom. The molecule has 1 saturated heterocycles. The molecule has 0 aliphatic carbocycles. The van der Waals surface area contributed by atoms with Gasteiger partial charge >= 0.3 is 0 Å². The minimum Gasteiger partial charge on any atom is -0.354 e. The molecule has 0 unspecified atom stereocenters. The van der Waals surface area contributed by atoms with Crippen LogP contribution in [0, 0.1) is 12.8 Å². The Morgan fingerprint density at radius 2 is 2.00 bits per heavy atom. The van der Waals surface area contributed by atoms with Crippen LogP contribution < -0.4 is 10.5 Å².